The van der Waals surface area contributed by atoms with Crippen molar-refractivity contribution in [1.29, 1.82) is 0 Å². The molecule has 1 amide bonds. The third-order valence-electron chi connectivity index (χ3n) is 1.86. The number of carbonyl (C=O) groups excluding carboxylic acids is 1. The Morgan fingerprint density at radius 2 is 1.93 bits per heavy atom. The van der Waals surface area contributed by atoms with Crippen molar-refractivity contribution in [1.82, 2.24) is 5.43 Å². The van der Waals surface area contributed by atoms with Gasteiger partial charge < -0.3 is 0 Å². The van der Waals surface area contributed by atoms with Crippen molar-refractivity contribution in [3.63, 3.8) is 0 Å². The molecule has 0 saturated heterocycles. The maximum Gasteiger partial charge on any atom is 0.249 e. The third kappa shape index (κ3) is 3.21. The van der Waals surface area contributed by atoms with Crippen molar-refractivity contribution < 1.29 is 9.18 Å². The van der Waals surface area contributed by atoms with Gasteiger partial charge in [0.25, 0.3) is 0 Å². The minimum atomic E-state index is -0.674. The molecule has 0 spiro atoms. The Balaban J connectivity index is 2.77. The zero-order valence-corrected chi connectivity index (χ0v) is 9.40. The second-order valence-electron chi connectivity index (χ2n) is 3.54. The highest BCUT2D eigenvalue weighted by Crippen LogP contribution is 2.32. The van der Waals surface area contributed by atoms with Crippen LogP contribution in [0.25, 0.3) is 0 Å². The van der Waals surface area contributed by atoms with Crippen molar-refractivity contribution in [2.75, 3.05) is 0 Å². The van der Waals surface area contributed by atoms with Crippen molar-refractivity contribution >= 4 is 17.7 Å². The Morgan fingerprint density at radius 1 is 1.40 bits per heavy atom. The summed E-state index contributed by atoms with van der Waals surface area (Å²) in [5.74, 6) is 4.50. The maximum atomic E-state index is 12.6. The zero-order valence-electron chi connectivity index (χ0n) is 8.58. The van der Waals surface area contributed by atoms with Crippen LogP contribution in [0.2, 0.25) is 0 Å². The lowest BCUT2D eigenvalue weighted by molar-refractivity contribution is -0.122. The Bertz CT molecular complexity index is 351. The summed E-state index contributed by atoms with van der Waals surface area (Å²) in [5, 5.41) is 0. The maximum absolute atomic E-state index is 12.6. The van der Waals surface area contributed by atoms with E-state index in [9.17, 15) is 9.18 Å². The minimum absolute atomic E-state index is 0.267. The Kier molecular flexibility index (Phi) is 3.71. The second-order valence-corrected chi connectivity index (χ2v) is 5.24. The largest absolute Gasteiger partial charge is 0.293 e. The topological polar surface area (TPSA) is 55.1 Å². The summed E-state index contributed by atoms with van der Waals surface area (Å²) in [4.78, 5) is 12.2. The summed E-state index contributed by atoms with van der Waals surface area (Å²) >= 11 is 1.33. The van der Waals surface area contributed by atoms with Crippen LogP contribution in [0.3, 0.4) is 0 Å². The van der Waals surface area contributed by atoms with Gasteiger partial charge in [-0.25, -0.2) is 10.2 Å². The van der Waals surface area contributed by atoms with Crippen LogP contribution in [-0.4, -0.2) is 10.7 Å². The summed E-state index contributed by atoms with van der Waals surface area (Å²) < 4.78 is 12.0. The molecule has 0 aliphatic rings. The highest BCUT2D eigenvalue weighted by molar-refractivity contribution is 8.01. The first kappa shape index (κ1) is 12.0. The number of benzene rings is 1. The molecule has 1 aromatic carbocycles. The molecule has 0 saturated carbocycles. The van der Waals surface area contributed by atoms with Gasteiger partial charge in [0.05, 0.1) is 4.75 Å². The summed E-state index contributed by atoms with van der Waals surface area (Å²) in [6.07, 6.45) is 0. The van der Waals surface area contributed by atoms with Crippen molar-refractivity contribution in [2.24, 2.45) is 5.84 Å². The molecule has 0 aromatic heterocycles. The van der Waals surface area contributed by atoms with Crippen molar-refractivity contribution in [3.05, 3.63) is 30.1 Å². The first-order valence-corrected chi connectivity index (χ1v) is 5.23. The first-order valence-electron chi connectivity index (χ1n) is 4.41. The molecule has 0 bridgehead atoms. The number of hydrogen-bond donors (Lipinski definition) is 2. The number of nitrogens with one attached hydrogen (secondary N) is 1. The van der Waals surface area contributed by atoms with Gasteiger partial charge in [0.2, 0.25) is 5.91 Å². The van der Waals surface area contributed by atoms with Gasteiger partial charge in [-0.2, -0.15) is 0 Å². The van der Waals surface area contributed by atoms with E-state index in [-0.39, 0.29) is 11.7 Å². The summed E-state index contributed by atoms with van der Waals surface area (Å²) in [6.45, 7) is 3.51. The normalized spacial score (nSPS) is 11.2. The SMILES string of the molecule is CC(C)(Sc1ccc(F)cc1)C(=O)NN. The number of rotatable bonds is 3. The molecular formula is C10H13FN2OS. The molecule has 3 nitrogen and oxygen atoms in total. The van der Waals surface area contributed by atoms with E-state index in [1.54, 1.807) is 26.0 Å². The van der Waals surface area contributed by atoms with Gasteiger partial charge in [-0.15, -0.1) is 11.8 Å². The Labute approximate surface area is 92.2 Å². The molecule has 1 aromatic rings. The lowest BCUT2D eigenvalue weighted by Gasteiger charge is -2.21. The predicted octanol–water partition coefficient (Wildman–Crippen LogP) is 1.69. The van der Waals surface area contributed by atoms with Crippen LogP contribution in [0, 0.1) is 5.82 Å². The molecule has 0 unspecified atom stereocenters. The van der Waals surface area contributed by atoms with E-state index in [1.807, 2.05) is 0 Å². The average molecular weight is 228 g/mol. The smallest absolute Gasteiger partial charge is 0.249 e. The van der Waals surface area contributed by atoms with E-state index < -0.39 is 4.75 Å². The number of amides is 1. The molecule has 0 radical (unpaired) electrons. The fraction of sp³-hybridized carbons (Fsp3) is 0.300. The Hall–Kier alpha value is -1.07. The molecule has 5 heteroatoms. The monoisotopic (exact) mass is 228 g/mol. The molecule has 0 aliphatic carbocycles. The number of carbonyl (C=O) groups is 1. The summed E-state index contributed by atoms with van der Waals surface area (Å²) in [5.41, 5.74) is 2.10. The number of hydrazine groups is 1. The van der Waals surface area contributed by atoms with E-state index in [0.717, 1.165) is 4.90 Å². The lowest BCUT2D eigenvalue weighted by Crippen LogP contribution is -2.43. The number of thioether (sulfide) groups is 1. The van der Waals surface area contributed by atoms with E-state index in [0.29, 0.717) is 0 Å². The molecule has 3 N–H and O–H groups in total. The zero-order chi connectivity index (χ0) is 11.5. The Morgan fingerprint density at radius 3 is 2.40 bits per heavy atom. The number of nitrogens with two attached hydrogens (primary N) is 1. The summed E-state index contributed by atoms with van der Waals surface area (Å²) in [6, 6.07) is 5.98. The van der Waals surface area contributed by atoms with E-state index in [1.165, 1.54) is 23.9 Å². The van der Waals surface area contributed by atoms with Crippen molar-refractivity contribution in [3.8, 4) is 0 Å². The van der Waals surface area contributed by atoms with Crippen LogP contribution in [0.5, 0.6) is 0 Å². The van der Waals surface area contributed by atoms with Crippen LogP contribution < -0.4 is 11.3 Å². The van der Waals surface area contributed by atoms with E-state index in [4.69, 9.17) is 5.84 Å². The van der Waals surface area contributed by atoms with Crippen LogP contribution in [-0.2, 0) is 4.79 Å². The van der Waals surface area contributed by atoms with Gasteiger partial charge in [0.15, 0.2) is 0 Å². The van der Waals surface area contributed by atoms with Crippen molar-refractivity contribution in [2.45, 2.75) is 23.5 Å². The summed E-state index contributed by atoms with van der Waals surface area (Å²) in [7, 11) is 0. The van der Waals surface area contributed by atoms with Gasteiger partial charge in [-0.1, -0.05) is 0 Å². The fourth-order valence-electron chi connectivity index (χ4n) is 1.02. The second kappa shape index (κ2) is 4.63. The standard InChI is InChI=1S/C10H13FN2OS/c1-10(2,9(14)13-12)15-8-5-3-7(11)4-6-8/h3-6H,12H2,1-2H3,(H,13,14). The number of hydrogen-bond acceptors (Lipinski definition) is 3. The first-order chi connectivity index (χ1) is 6.95. The average Bonchev–Trinajstić information content (AvgIpc) is 2.20. The van der Waals surface area contributed by atoms with Crippen LogP contribution in [0.4, 0.5) is 4.39 Å². The van der Waals surface area contributed by atoms with Gasteiger partial charge in [-0.3, -0.25) is 10.2 Å². The van der Waals surface area contributed by atoms with Gasteiger partial charge in [0.1, 0.15) is 5.82 Å². The minimum Gasteiger partial charge on any atom is -0.293 e. The molecule has 82 valence electrons. The van der Waals surface area contributed by atoms with Crippen LogP contribution in [0.15, 0.2) is 29.2 Å². The molecule has 0 heterocycles. The quantitative estimate of drug-likeness (QED) is 0.358. The number of halogens is 1. The fourth-order valence-corrected chi connectivity index (χ4v) is 2.03. The molecule has 0 fully saturated rings. The van der Waals surface area contributed by atoms with E-state index in [2.05, 4.69) is 5.43 Å². The molecule has 15 heavy (non-hydrogen) atoms. The lowest BCUT2D eigenvalue weighted by atomic mass is 10.2. The van der Waals surface area contributed by atoms with Gasteiger partial charge >= 0.3 is 0 Å². The molecule has 0 aliphatic heterocycles. The highest BCUT2D eigenvalue weighted by Gasteiger charge is 2.28. The highest BCUT2D eigenvalue weighted by atomic mass is 32.2. The predicted molar refractivity (Wildman–Crippen MR) is 58.7 cm³/mol. The van der Waals surface area contributed by atoms with Gasteiger partial charge in [0, 0.05) is 4.90 Å². The molecule has 0 atom stereocenters. The van der Waals surface area contributed by atoms with E-state index >= 15 is 0 Å². The van der Waals surface area contributed by atoms with Crippen LogP contribution >= 0.6 is 11.8 Å². The van der Waals surface area contributed by atoms with Gasteiger partial charge in [-0.05, 0) is 38.1 Å². The molecular weight excluding hydrogens is 215 g/mol. The van der Waals surface area contributed by atoms with Crippen LogP contribution in [0.1, 0.15) is 13.8 Å². The third-order valence-corrected chi connectivity index (χ3v) is 3.07. The molecule has 1 rings (SSSR count).